The van der Waals surface area contributed by atoms with Gasteiger partial charge >= 0.3 is 0 Å². The van der Waals surface area contributed by atoms with E-state index in [4.69, 9.17) is 21.7 Å². The second kappa shape index (κ2) is 11.7. The van der Waals surface area contributed by atoms with Gasteiger partial charge in [-0.25, -0.2) is 0 Å². The maximum Gasteiger partial charge on any atom is 0.166 e. The molecule has 90 valence electrons. The second-order valence-corrected chi connectivity index (χ2v) is 3.64. The Morgan fingerprint density at radius 3 is 2.07 bits per heavy atom. The molecule has 0 atom stereocenters. The van der Waals surface area contributed by atoms with Crippen molar-refractivity contribution in [3.63, 3.8) is 0 Å². The first-order chi connectivity index (χ1) is 7.31. The second-order valence-electron chi connectivity index (χ2n) is 3.23. The largest absolute Gasteiger partial charge is 0.385 e. The molecule has 4 nitrogen and oxygen atoms in total. The van der Waals surface area contributed by atoms with Gasteiger partial charge in [0, 0.05) is 40.5 Å². The molecule has 0 aromatic rings. The third-order valence-corrected chi connectivity index (χ3v) is 2.16. The van der Waals surface area contributed by atoms with Gasteiger partial charge < -0.3 is 20.1 Å². The maximum absolute atomic E-state index is 5.09. The molecule has 0 saturated carbocycles. The van der Waals surface area contributed by atoms with Gasteiger partial charge in [-0.2, -0.15) is 0 Å². The number of unbranched alkanes of at least 4 members (excludes halogenated alkanes) is 1. The quantitative estimate of drug-likeness (QED) is 0.458. The number of hydrogen-bond acceptors (Lipinski definition) is 3. The minimum atomic E-state index is 0.725. The van der Waals surface area contributed by atoms with Gasteiger partial charge in [-0.1, -0.05) is 0 Å². The van der Waals surface area contributed by atoms with E-state index in [0.29, 0.717) is 0 Å². The van der Waals surface area contributed by atoms with Crippen LogP contribution in [-0.4, -0.2) is 45.6 Å². The Morgan fingerprint density at radius 2 is 1.47 bits per heavy atom. The number of methoxy groups -OCH3 is 2. The van der Waals surface area contributed by atoms with E-state index in [1.807, 2.05) is 0 Å². The minimum absolute atomic E-state index is 0.725. The van der Waals surface area contributed by atoms with Gasteiger partial charge in [-0.15, -0.1) is 0 Å². The molecule has 0 aliphatic rings. The smallest absolute Gasteiger partial charge is 0.166 e. The topological polar surface area (TPSA) is 42.5 Å². The highest BCUT2D eigenvalue weighted by Gasteiger charge is 1.94. The van der Waals surface area contributed by atoms with Crippen LogP contribution in [0.5, 0.6) is 0 Å². The van der Waals surface area contributed by atoms with E-state index in [9.17, 15) is 0 Å². The normalized spacial score (nSPS) is 10.0. The standard InChI is InChI=1S/C10H22N2O2S/c1-13-8-4-3-6-11-10(15)12-7-5-9-14-2/h3-9H2,1-2H3,(H2,11,12,15). The van der Waals surface area contributed by atoms with E-state index in [0.717, 1.165) is 50.7 Å². The lowest BCUT2D eigenvalue weighted by molar-refractivity contribution is 0.193. The van der Waals surface area contributed by atoms with Crippen molar-refractivity contribution in [2.24, 2.45) is 0 Å². The van der Waals surface area contributed by atoms with Crippen molar-refractivity contribution in [1.29, 1.82) is 0 Å². The summed E-state index contributed by atoms with van der Waals surface area (Å²) in [4.78, 5) is 0. The predicted octanol–water partition coefficient (Wildman–Crippen LogP) is 0.914. The van der Waals surface area contributed by atoms with E-state index in [1.165, 1.54) is 0 Å². The SMILES string of the molecule is COCCCCNC(=S)NCCCOC. The van der Waals surface area contributed by atoms with Crippen LogP contribution in [0.15, 0.2) is 0 Å². The van der Waals surface area contributed by atoms with Crippen molar-refractivity contribution >= 4 is 17.3 Å². The summed E-state index contributed by atoms with van der Waals surface area (Å²) < 4.78 is 9.88. The fraction of sp³-hybridized carbons (Fsp3) is 0.900. The number of nitrogens with one attached hydrogen (secondary N) is 2. The third-order valence-electron chi connectivity index (χ3n) is 1.87. The molecule has 0 unspecified atom stereocenters. The molecular weight excluding hydrogens is 212 g/mol. The van der Waals surface area contributed by atoms with Crippen molar-refractivity contribution in [3.05, 3.63) is 0 Å². The van der Waals surface area contributed by atoms with Gasteiger partial charge in [0.15, 0.2) is 5.11 Å². The number of hydrogen-bond donors (Lipinski definition) is 2. The lowest BCUT2D eigenvalue weighted by atomic mass is 10.3. The summed E-state index contributed by atoms with van der Waals surface area (Å²) in [5.74, 6) is 0. The molecule has 0 aliphatic carbocycles. The zero-order valence-corrected chi connectivity index (χ0v) is 10.5. The molecule has 0 rings (SSSR count). The Morgan fingerprint density at radius 1 is 0.933 bits per heavy atom. The minimum Gasteiger partial charge on any atom is -0.385 e. The van der Waals surface area contributed by atoms with Crippen molar-refractivity contribution < 1.29 is 9.47 Å². The molecule has 0 amide bonds. The molecular formula is C10H22N2O2S. The average molecular weight is 234 g/mol. The number of thiocarbonyl (C=S) groups is 1. The molecule has 0 aliphatic heterocycles. The van der Waals surface area contributed by atoms with E-state index >= 15 is 0 Å². The van der Waals surface area contributed by atoms with Crippen molar-refractivity contribution in [1.82, 2.24) is 10.6 Å². The van der Waals surface area contributed by atoms with Crippen LogP contribution in [0.4, 0.5) is 0 Å². The van der Waals surface area contributed by atoms with Gasteiger partial charge in [0.2, 0.25) is 0 Å². The zero-order valence-electron chi connectivity index (χ0n) is 9.67. The zero-order chi connectivity index (χ0) is 11.4. The van der Waals surface area contributed by atoms with E-state index in [1.54, 1.807) is 14.2 Å². The Bertz CT molecular complexity index is 156. The monoisotopic (exact) mass is 234 g/mol. The molecule has 5 heteroatoms. The maximum atomic E-state index is 5.09. The van der Waals surface area contributed by atoms with Gasteiger partial charge in [-0.05, 0) is 31.5 Å². The average Bonchev–Trinajstić information content (AvgIpc) is 2.24. The first kappa shape index (κ1) is 14.6. The first-order valence-electron chi connectivity index (χ1n) is 5.31. The van der Waals surface area contributed by atoms with Crippen molar-refractivity contribution in [3.8, 4) is 0 Å². The molecule has 2 N–H and O–H groups in total. The van der Waals surface area contributed by atoms with Crippen molar-refractivity contribution in [2.45, 2.75) is 19.3 Å². The van der Waals surface area contributed by atoms with Crippen LogP contribution >= 0.6 is 12.2 Å². The molecule has 0 aromatic heterocycles. The van der Waals surface area contributed by atoms with Gasteiger partial charge in [0.05, 0.1) is 0 Å². The number of rotatable bonds is 9. The van der Waals surface area contributed by atoms with Crippen LogP contribution in [0.25, 0.3) is 0 Å². The van der Waals surface area contributed by atoms with Crippen LogP contribution in [0.1, 0.15) is 19.3 Å². The highest BCUT2D eigenvalue weighted by molar-refractivity contribution is 7.80. The van der Waals surface area contributed by atoms with Crippen LogP contribution < -0.4 is 10.6 Å². The van der Waals surface area contributed by atoms with Gasteiger partial charge in [0.25, 0.3) is 0 Å². The van der Waals surface area contributed by atoms with Crippen molar-refractivity contribution in [2.75, 3.05) is 40.5 Å². The van der Waals surface area contributed by atoms with Gasteiger partial charge in [-0.3, -0.25) is 0 Å². The lowest BCUT2D eigenvalue weighted by Gasteiger charge is -2.09. The molecule has 0 heterocycles. The van der Waals surface area contributed by atoms with Crippen LogP contribution in [0, 0.1) is 0 Å². The summed E-state index contributed by atoms with van der Waals surface area (Å²) in [5, 5.41) is 6.99. The molecule has 0 fully saturated rings. The molecule has 0 saturated heterocycles. The molecule has 15 heavy (non-hydrogen) atoms. The summed E-state index contributed by atoms with van der Waals surface area (Å²) in [6.45, 7) is 3.34. The summed E-state index contributed by atoms with van der Waals surface area (Å²) in [6.07, 6.45) is 3.12. The number of ether oxygens (including phenoxy) is 2. The fourth-order valence-corrected chi connectivity index (χ4v) is 1.26. The van der Waals surface area contributed by atoms with Crippen LogP contribution in [0.3, 0.4) is 0 Å². The van der Waals surface area contributed by atoms with Crippen LogP contribution in [-0.2, 0) is 9.47 Å². The van der Waals surface area contributed by atoms with E-state index in [2.05, 4.69) is 10.6 Å². The molecule has 0 bridgehead atoms. The first-order valence-corrected chi connectivity index (χ1v) is 5.71. The highest BCUT2D eigenvalue weighted by Crippen LogP contribution is 1.86. The highest BCUT2D eigenvalue weighted by atomic mass is 32.1. The van der Waals surface area contributed by atoms with Gasteiger partial charge in [0.1, 0.15) is 0 Å². The molecule has 0 aromatic carbocycles. The van der Waals surface area contributed by atoms with Crippen LogP contribution in [0.2, 0.25) is 0 Å². The Hall–Kier alpha value is -0.390. The summed E-state index contributed by atoms with van der Waals surface area (Å²) in [6, 6.07) is 0. The predicted molar refractivity (Wildman–Crippen MR) is 66.2 cm³/mol. The molecule has 0 radical (unpaired) electrons. The molecule has 0 spiro atoms. The van der Waals surface area contributed by atoms with E-state index in [-0.39, 0.29) is 0 Å². The fourth-order valence-electron chi connectivity index (χ4n) is 1.05. The Kier molecular flexibility index (Phi) is 11.4. The summed E-state index contributed by atoms with van der Waals surface area (Å²) >= 11 is 5.09. The Balaban J connectivity index is 3.11. The third kappa shape index (κ3) is 11.5. The summed E-state index contributed by atoms with van der Waals surface area (Å²) in [5.41, 5.74) is 0. The van der Waals surface area contributed by atoms with E-state index < -0.39 is 0 Å². The summed E-state index contributed by atoms with van der Waals surface area (Å²) in [7, 11) is 3.42. The lowest BCUT2D eigenvalue weighted by Crippen LogP contribution is -2.36. The Labute approximate surface area is 97.7 Å².